The summed E-state index contributed by atoms with van der Waals surface area (Å²) in [5.74, 6) is 5.47. The summed E-state index contributed by atoms with van der Waals surface area (Å²) < 4.78 is 23.7. The molecule has 1 aliphatic rings. The van der Waals surface area contributed by atoms with E-state index in [1.807, 2.05) is 13.8 Å². The highest BCUT2D eigenvalue weighted by atomic mass is 28.4. The van der Waals surface area contributed by atoms with Crippen LogP contribution in [0.25, 0.3) is 0 Å². The third-order valence-corrected chi connectivity index (χ3v) is 10.0. The van der Waals surface area contributed by atoms with Gasteiger partial charge in [-0.25, -0.2) is 0 Å². The molecule has 0 aliphatic carbocycles. The van der Waals surface area contributed by atoms with Crippen LogP contribution in [0, 0.1) is 11.8 Å². The van der Waals surface area contributed by atoms with E-state index in [-0.39, 0.29) is 11.1 Å². The average molecular weight is 413 g/mol. The Morgan fingerprint density at radius 1 is 1.18 bits per heavy atom. The van der Waals surface area contributed by atoms with Gasteiger partial charge in [0.1, 0.15) is 12.2 Å². The second-order valence-electron chi connectivity index (χ2n) is 9.49. The minimum absolute atomic E-state index is 0.106. The number of rotatable bonds is 10. The van der Waals surface area contributed by atoms with E-state index in [0.717, 1.165) is 12.8 Å². The fourth-order valence-electron chi connectivity index (χ4n) is 2.82. The van der Waals surface area contributed by atoms with E-state index in [0.29, 0.717) is 13.1 Å². The third-order valence-electron chi connectivity index (χ3n) is 5.54. The largest absolute Gasteiger partial charge is 0.448 e. The minimum atomic E-state index is -1.93. The van der Waals surface area contributed by atoms with Gasteiger partial charge in [0, 0.05) is 6.42 Å². The third kappa shape index (κ3) is 7.86. The molecule has 1 saturated heterocycles. The van der Waals surface area contributed by atoms with Crippen molar-refractivity contribution in [3.05, 3.63) is 0 Å². The van der Waals surface area contributed by atoms with Gasteiger partial charge in [0.25, 0.3) is 6.47 Å². The van der Waals surface area contributed by atoms with Gasteiger partial charge in [-0.15, -0.1) is 0 Å². The van der Waals surface area contributed by atoms with E-state index >= 15 is 0 Å². The molecule has 1 heterocycles. The van der Waals surface area contributed by atoms with Gasteiger partial charge in [0.15, 0.2) is 20.2 Å². The summed E-state index contributed by atoms with van der Waals surface area (Å²) >= 11 is 0. The van der Waals surface area contributed by atoms with Crippen LogP contribution in [-0.4, -0.2) is 45.5 Å². The molecule has 0 aromatic heterocycles. The van der Waals surface area contributed by atoms with Crippen LogP contribution in [-0.2, 0) is 23.4 Å². The van der Waals surface area contributed by atoms with E-state index in [1.54, 1.807) is 0 Å². The molecule has 3 atom stereocenters. The molecule has 0 saturated carbocycles. The molecule has 0 aromatic carbocycles. The highest BCUT2D eigenvalue weighted by molar-refractivity contribution is 6.74. The highest BCUT2D eigenvalue weighted by Gasteiger charge is 2.47. The summed E-state index contributed by atoms with van der Waals surface area (Å²) in [5.41, 5.74) is 0. The Morgan fingerprint density at radius 3 is 2.43 bits per heavy atom. The van der Waals surface area contributed by atoms with Gasteiger partial charge in [-0.1, -0.05) is 58.8 Å². The van der Waals surface area contributed by atoms with Crippen molar-refractivity contribution in [2.24, 2.45) is 0 Å². The molecule has 1 rings (SSSR count). The van der Waals surface area contributed by atoms with Crippen LogP contribution in [0.4, 0.5) is 0 Å². The van der Waals surface area contributed by atoms with Crippen molar-refractivity contribution in [3.63, 3.8) is 0 Å². The first kappa shape index (κ1) is 25.2. The first-order valence-corrected chi connectivity index (χ1v) is 13.4. The number of ether oxygens (including phenoxy) is 3. The van der Waals surface area contributed by atoms with Gasteiger partial charge in [0.05, 0.1) is 6.61 Å². The first-order valence-electron chi connectivity index (χ1n) is 10.5. The zero-order valence-electron chi connectivity index (χ0n) is 19.1. The summed E-state index contributed by atoms with van der Waals surface area (Å²) in [7, 11) is -1.93. The Morgan fingerprint density at radius 2 is 1.86 bits per heavy atom. The maximum Gasteiger partial charge on any atom is 0.294 e. The molecular formula is C22H40O5Si. The molecule has 28 heavy (non-hydrogen) atoms. The van der Waals surface area contributed by atoms with Gasteiger partial charge in [-0.05, 0) is 38.4 Å². The van der Waals surface area contributed by atoms with Crippen molar-refractivity contribution >= 4 is 14.8 Å². The highest BCUT2D eigenvalue weighted by Crippen LogP contribution is 2.38. The summed E-state index contributed by atoms with van der Waals surface area (Å²) in [6, 6.07) is 0. The fourth-order valence-corrected chi connectivity index (χ4v) is 3.84. The molecule has 5 nitrogen and oxygen atoms in total. The van der Waals surface area contributed by atoms with Crippen LogP contribution < -0.4 is 0 Å². The molecule has 6 heteroatoms. The standard InChI is InChI=1S/C22H40O5Si/c1-9-10-11-12-13-14-15-18(24-17-23)20-19(26-22(5,6)27-20)16-25-28(7,8)21(2,3)4/h17-20H,9-13,16H2,1-8H3/t18?,19-,20+/m0/s1. The zero-order valence-corrected chi connectivity index (χ0v) is 20.1. The predicted octanol–water partition coefficient (Wildman–Crippen LogP) is 5.04. The van der Waals surface area contributed by atoms with E-state index in [1.165, 1.54) is 19.3 Å². The quantitative estimate of drug-likeness (QED) is 0.218. The SMILES string of the molecule is CCCCCCC#CC(OC=O)[C@H]1OC(C)(C)O[C@H]1CO[Si](C)(C)C(C)(C)C. The lowest BCUT2D eigenvalue weighted by molar-refractivity contribution is -0.159. The summed E-state index contributed by atoms with van der Waals surface area (Å²) in [6.45, 7) is 17.8. The molecule has 0 amide bonds. The maximum atomic E-state index is 11.1. The van der Waals surface area contributed by atoms with Crippen LogP contribution in [0.1, 0.15) is 73.6 Å². The molecule has 0 N–H and O–H groups in total. The van der Waals surface area contributed by atoms with E-state index in [9.17, 15) is 4.79 Å². The van der Waals surface area contributed by atoms with Gasteiger partial charge in [0.2, 0.25) is 0 Å². The summed E-state index contributed by atoms with van der Waals surface area (Å²) in [5, 5.41) is 0.106. The van der Waals surface area contributed by atoms with Crippen molar-refractivity contribution in [1.29, 1.82) is 0 Å². The van der Waals surface area contributed by atoms with Gasteiger partial charge >= 0.3 is 0 Å². The van der Waals surface area contributed by atoms with Gasteiger partial charge in [-0.3, -0.25) is 4.79 Å². The van der Waals surface area contributed by atoms with E-state index < -0.39 is 26.3 Å². The van der Waals surface area contributed by atoms with Crippen LogP contribution in [0.3, 0.4) is 0 Å². The Kier molecular flexibility index (Phi) is 9.68. The topological polar surface area (TPSA) is 54.0 Å². The van der Waals surface area contributed by atoms with Crippen molar-refractivity contribution in [2.45, 2.75) is 116 Å². The Labute approximate surface area is 173 Å². The molecule has 0 spiro atoms. The Balaban J connectivity index is 2.82. The molecule has 0 radical (unpaired) electrons. The number of hydrogen-bond donors (Lipinski definition) is 0. The van der Waals surface area contributed by atoms with Crippen LogP contribution >= 0.6 is 0 Å². The van der Waals surface area contributed by atoms with Crippen LogP contribution in [0.2, 0.25) is 18.1 Å². The predicted molar refractivity (Wildman–Crippen MR) is 114 cm³/mol. The summed E-state index contributed by atoms with van der Waals surface area (Å²) in [4.78, 5) is 11.1. The van der Waals surface area contributed by atoms with Crippen LogP contribution in [0.5, 0.6) is 0 Å². The first-order chi connectivity index (χ1) is 12.9. The monoisotopic (exact) mass is 412 g/mol. The Bertz CT molecular complexity index is 541. The molecule has 0 bridgehead atoms. The lowest BCUT2D eigenvalue weighted by Crippen LogP contribution is -2.46. The molecule has 1 aliphatic heterocycles. The number of carbonyl (C=O) groups excluding carboxylic acids is 1. The maximum absolute atomic E-state index is 11.1. The molecule has 162 valence electrons. The van der Waals surface area contributed by atoms with Crippen molar-refractivity contribution in [2.75, 3.05) is 6.61 Å². The zero-order chi connectivity index (χ0) is 21.4. The fraction of sp³-hybridized carbons (Fsp3) is 0.864. The van der Waals surface area contributed by atoms with Crippen molar-refractivity contribution in [3.8, 4) is 11.8 Å². The smallest absolute Gasteiger partial charge is 0.294 e. The van der Waals surface area contributed by atoms with Crippen molar-refractivity contribution < 1.29 is 23.4 Å². The number of unbranched alkanes of at least 4 members (excludes halogenated alkanes) is 4. The summed E-state index contributed by atoms with van der Waals surface area (Å²) in [6.07, 6.45) is 3.98. The second-order valence-corrected chi connectivity index (χ2v) is 14.3. The van der Waals surface area contributed by atoms with E-state index in [4.69, 9.17) is 18.6 Å². The lowest BCUT2D eigenvalue weighted by atomic mass is 10.1. The number of hydrogen-bond acceptors (Lipinski definition) is 5. The van der Waals surface area contributed by atoms with Gasteiger partial charge < -0.3 is 18.6 Å². The average Bonchev–Trinajstić information content (AvgIpc) is 2.89. The molecule has 1 fully saturated rings. The minimum Gasteiger partial charge on any atom is -0.448 e. The van der Waals surface area contributed by atoms with Crippen molar-refractivity contribution in [1.82, 2.24) is 0 Å². The van der Waals surface area contributed by atoms with Gasteiger partial charge in [-0.2, -0.15) is 0 Å². The second kappa shape index (κ2) is 10.8. The van der Waals surface area contributed by atoms with E-state index in [2.05, 4.69) is 52.6 Å². The molecule has 0 aromatic rings. The Hall–Kier alpha value is -0.873. The molecular weight excluding hydrogens is 372 g/mol. The van der Waals surface area contributed by atoms with Crippen LogP contribution in [0.15, 0.2) is 0 Å². The lowest BCUT2D eigenvalue weighted by Gasteiger charge is -2.37. The normalized spacial score (nSPS) is 23.0. The number of carbonyl (C=O) groups is 1. The molecule has 1 unspecified atom stereocenters.